The first-order valence-corrected chi connectivity index (χ1v) is 3.42. The molecule has 0 heterocycles. The van der Waals surface area contributed by atoms with E-state index in [1.54, 1.807) is 18.2 Å². The van der Waals surface area contributed by atoms with E-state index in [1.807, 2.05) is 6.07 Å². The number of para-hydroxylation sites is 1. The van der Waals surface area contributed by atoms with Gasteiger partial charge in [0.1, 0.15) is 5.75 Å². The van der Waals surface area contributed by atoms with E-state index in [1.165, 1.54) is 6.47 Å². The van der Waals surface area contributed by atoms with Crippen LogP contribution in [0.1, 0.15) is 0 Å². The van der Waals surface area contributed by atoms with Gasteiger partial charge in [-0.25, -0.2) is 4.79 Å². The van der Waals surface area contributed by atoms with Gasteiger partial charge in [0.05, 0.1) is 4.47 Å². The average molecular weight is 200 g/mol. The molecule has 0 amide bonds. The molecule has 0 aliphatic heterocycles. The van der Waals surface area contributed by atoms with Crippen LogP contribution < -0.4 is 4.74 Å². The topological polar surface area (TPSA) is 26.3 Å². The molecule has 0 aliphatic rings. The van der Waals surface area contributed by atoms with Gasteiger partial charge in [0, 0.05) is 0 Å². The first-order valence-electron chi connectivity index (χ1n) is 2.63. The molecule has 51 valence electrons. The second kappa shape index (κ2) is 3.37. The Morgan fingerprint density at radius 3 is 2.70 bits per heavy atom. The SMILES string of the molecule is O=[C]Oc1ccccc1Br. The van der Waals surface area contributed by atoms with Crippen molar-refractivity contribution in [1.29, 1.82) is 0 Å². The lowest BCUT2D eigenvalue weighted by atomic mass is 10.3. The minimum Gasteiger partial charge on any atom is -0.417 e. The number of carbonyl (C=O) groups excluding carboxylic acids is 1. The average Bonchev–Trinajstić information content (AvgIpc) is 1.94. The number of hydrogen-bond donors (Lipinski definition) is 0. The van der Waals surface area contributed by atoms with Crippen molar-refractivity contribution in [2.24, 2.45) is 0 Å². The zero-order chi connectivity index (χ0) is 7.40. The van der Waals surface area contributed by atoms with Crippen LogP contribution in [0.5, 0.6) is 5.75 Å². The largest absolute Gasteiger partial charge is 0.423 e. The molecule has 1 radical (unpaired) electrons. The highest BCUT2D eigenvalue weighted by molar-refractivity contribution is 9.10. The third-order valence-electron chi connectivity index (χ3n) is 0.988. The summed E-state index contributed by atoms with van der Waals surface area (Å²) in [6.07, 6.45) is 0. The standard InChI is InChI=1S/C7H4BrO2/c8-6-3-1-2-4-7(6)10-5-9/h1-4H. The normalized spacial score (nSPS) is 8.90. The molecule has 0 saturated heterocycles. The van der Waals surface area contributed by atoms with E-state index in [0.29, 0.717) is 5.75 Å². The van der Waals surface area contributed by atoms with Crippen molar-refractivity contribution >= 4 is 22.4 Å². The van der Waals surface area contributed by atoms with E-state index in [9.17, 15) is 4.79 Å². The van der Waals surface area contributed by atoms with Gasteiger partial charge in [-0.1, -0.05) is 12.1 Å². The Morgan fingerprint density at radius 1 is 1.40 bits per heavy atom. The number of halogens is 1. The van der Waals surface area contributed by atoms with Gasteiger partial charge in [-0.15, -0.1) is 0 Å². The van der Waals surface area contributed by atoms with Gasteiger partial charge < -0.3 is 4.74 Å². The van der Waals surface area contributed by atoms with E-state index < -0.39 is 0 Å². The van der Waals surface area contributed by atoms with Crippen LogP contribution in [0, 0.1) is 0 Å². The predicted octanol–water partition coefficient (Wildman–Crippen LogP) is 1.90. The number of rotatable bonds is 2. The van der Waals surface area contributed by atoms with Crippen LogP contribution in [0.2, 0.25) is 0 Å². The summed E-state index contributed by atoms with van der Waals surface area (Å²) in [6, 6.07) is 7.07. The van der Waals surface area contributed by atoms with Gasteiger partial charge in [-0.3, -0.25) is 0 Å². The molecule has 0 fully saturated rings. The van der Waals surface area contributed by atoms with Crippen molar-refractivity contribution < 1.29 is 9.53 Å². The minimum absolute atomic E-state index is 0.484. The maximum absolute atomic E-state index is 9.76. The van der Waals surface area contributed by atoms with E-state index >= 15 is 0 Å². The smallest absolute Gasteiger partial charge is 0.417 e. The van der Waals surface area contributed by atoms with Crippen molar-refractivity contribution in [3.05, 3.63) is 28.7 Å². The molecule has 3 heteroatoms. The zero-order valence-electron chi connectivity index (χ0n) is 5.00. The lowest BCUT2D eigenvalue weighted by molar-refractivity contribution is 0.441. The van der Waals surface area contributed by atoms with Crippen molar-refractivity contribution in [3.8, 4) is 5.75 Å². The van der Waals surface area contributed by atoms with Crippen LogP contribution in [0.25, 0.3) is 0 Å². The van der Waals surface area contributed by atoms with Gasteiger partial charge >= 0.3 is 6.47 Å². The van der Waals surface area contributed by atoms with Crippen LogP contribution in [0.15, 0.2) is 28.7 Å². The van der Waals surface area contributed by atoms with Gasteiger partial charge in [0.2, 0.25) is 0 Å². The molecule has 10 heavy (non-hydrogen) atoms. The summed E-state index contributed by atoms with van der Waals surface area (Å²) < 4.78 is 5.23. The Bertz CT molecular complexity index is 235. The van der Waals surface area contributed by atoms with Crippen molar-refractivity contribution in [3.63, 3.8) is 0 Å². The minimum atomic E-state index is 0.484. The van der Waals surface area contributed by atoms with Crippen molar-refractivity contribution in [1.82, 2.24) is 0 Å². The van der Waals surface area contributed by atoms with Gasteiger partial charge in [0.25, 0.3) is 0 Å². The summed E-state index contributed by atoms with van der Waals surface area (Å²) in [5.41, 5.74) is 0. The molecule has 0 aliphatic carbocycles. The van der Waals surface area contributed by atoms with Crippen LogP contribution in [0.4, 0.5) is 0 Å². The molecule has 0 atom stereocenters. The molecule has 0 aromatic heterocycles. The molecule has 1 aromatic carbocycles. The van der Waals surface area contributed by atoms with Crippen LogP contribution in [-0.2, 0) is 4.79 Å². The molecule has 0 spiro atoms. The van der Waals surface area contributed by atoms with Crippen molar-refractivity contribution in [2.75, 3.05) is 0 Å². The molecular weight excluding hydrogens is 196 g/mol. The summed E-state index contributed by atoms with van der Waals surface area (Å²) in [7, 11) is 0. The monoisotopic (exact) mass is 199 g/mol. The van der Waals surface area contributed by atoms with Crippen LogP contribution >= 0.6 is 15.9 Å². The molecule has 0 N–H and O–H groups in total. The van der Waals surface area contributed by atoms with E-state index in [2.05, 4.69) is 20.7 Å². The highest BCUT2D eigenvalue weighted by Gasteiger charge is 1.96. The Labute approximate surface area is 66.9 Å². The Kier molecular flexibility index (Phi) is 2.45. The number of ether oxygens (including phenoxy) is 1. The quantitative estimate of drug-likeness (QED) is 0.728. The van der Waals surface area contributed by atoms with Crippen molar-refractivity contribution in [2.45, 2.75) is 0 Å². The molecule has 0 unspecified atom stereocenters. The Balaban J connectivity index is 2.91. The fourth-order valence-electron chi connectivity index (χ4n) is 0.572. The summed E-state index contributed by atoms with van der Waals surface area (Å²) >= 11 is 3.19. The second-order valence-corrected chi connectivity index (χ2v) is 2.47. The maximum atomic E-state index is 9.76. The third-order valence-corrected chi connectivity index (χ3v) is 1.64. The predicted molar refractivity (Wildman–Crippen MR) is 40.5 cm³/mol. The fraction of sp³-hybridized carbons (Fsp3) is 0. The van der Waals surface area contributed by atoms with Crippen LogP contribution in [-0.4, -0.2) is 6.47 Å². The maximum Gasteiger partial charge on any atom is 0.423 e. The van der Waals surface area contributed by atoms with E-state index in [4.69, 9.17) is 0 Å². The number of hydrogen-bond acceptors (Lipinski definition) is 2. The lowest BCUT2D eigenvalue weighted by Gasteiger charge is -1.96. The molecular formula is C7H4BrO2. The van der Waals surface area contributed by atoms with Gasteiger partial charge in [0.15, 0.2) is 0 Å². The fourth-order valence-corrected chi connectivity index (χ4v) is 0.938. The third kappa shape index (κ3) is 1.57. The first-order chi connectivity index (χ1) is 4.84. The molecule has 0 bridgehead atoms. The summed E-state index contributed by atoms with van der Waals surface area (Å²) in [6.45, 7) is 1.34. The molecule has 1 aromatic rings. The summed E-state index contributed by atoms with van der Waals surface area (Å²) in [5.74, 6) is 0.484. The molecule has 0 saturated carbocycles. The second-order valence-electron chi connectivity index (χ2n) is 1.62. The summed E-state index contributed by atoms with van der Waals surface area (Å²) in [5, 5.41) is 0. The summed E-state index contributed by atoms with van der Waals surface area (Å²) in [4.78, 5) is 9.76. The Morgan fingerprint density at radius 2 is 2.10 bits per heavy atom. The lowest BCUT2D eigenvalue weighted by Crippen LogP contribution is -1.87. The van der Waals surface area contributed by atoms with Crippen LogP contribution in [0.3, 0.4) is 0 Å². The highest BCUT2D eigenvalue weighted by Crippen LogP contribution is 2.22. The zero-order valence-corrected chi connectivity index (χ0v) is 6.59. The van der Waals surface area contributed by atoms with E-state index in [0.717, 1.165) is 4.47 Å². The highest BCUT2D eigenvalue weighted by atomic mass is 79.9. The first kappa shape index (κ1) is 7.28. The Hall–Kier alpha value is -0.830. The van der Waals surface area contributed by atoms with E-state index in [-0.39, 0.29) is 0 Å². The van der Waals surface area contributed by atoms with Gasteiger partial charge in [-0.2, -0.15) is 0 Å². The molecule has 1 rings (SSSR count). The number of benzene rings is 1. The van der Waals surface area contributed by atoms with Gasteiger partial charge in [-0.05, 0) is 28.1 Å². The molecule has 2 nitrogen and oxygen atoms in total.